The topological polar surface area (TPSA) is 69.8 Å². The van der Waals surface area contributed by atoms with Gasteiger partial charge in [-0.05, 0) is 26.9 Å². The molecule has 0 aromatic carbocycles. The third-order valence-electron chi connectivity index (χ3n) is 3.47. The molecule has 19 heavy (non-hydrogen) atoms. The standard InChI is InChI=1S/C13H25N3O2S/c1-4-5-11(12(14)19)13(18)16-8-10(17)6-9(16)7-15(2)3/h9-11,17H,4-8H2,1-3H3,(H2,14,19). The van der Waals surface area contributed by atoms with E-state index < -0.39 is 12.0 Å². The Kier molecular flexibility index (Phi) is 6.16. The molecule has 0 aromatic heterocycles. The van der Waals surface area contributed by atoms with E-state index in [9.17, 15) is 9.90 Å². The molecule has 6 heteroatoms. The second-order valence-corrected chi connectivity index (χ2v) is 6.01. The first-order valence-electron chi connectivity index (χ1n) is 6.79. The van der Waals surface area contributed by atoms with Crippen molar-refractivity contribution in [2.45, 2.75) is 38.3 Å². The number of hydrogen-bond acceptors (Lipinski definition) is 4. The largest absolute Gasteiger partial charge is 0.393 e. The fraction of sp³-hybridized carbons (Fsp3) is 0.846. The third-order valence-corrected chi connectivity index (χ3v) is 3.75. The summed E-state index contributed by atoms with van der Waals surface area (Å²) in [6.45, 7) is 3.15. The van der Waals surface area contributed by atoms with Crippen LogP contribution in [0.15, 0.2) is 0 Å². The second kappa shape index (κ2) is 7.17. The Morgan fingerprint density at radius 3 is 2.68 bits per heavy atom. The summed E-state index contributed by atoms with van der Waals surface area (Å²) in [5.41, 5.74) is 5.68. The molecule has 5 nitrogen and oxygen atoms in total. The summed E-state index contributed by atoms with van der Waals surface area (Å²) in [6.07, 6.45) is 1.72. The summed E-state index contributed by atoms with van der Waals surface area (Å²) < 4.78 is 0. The van der Waals surface area contributed by atoms with E-state index in [2.05, 4.69) is 0 Å². The summed E-state index contributed by atoms with van der Waals surface area (Å²) in [5.74, 6) is -0.423. The minimum Gasteiger partial charge on any atom is -0.393 e. The molecule has 0 radical (unpaired) electrons. The first kappa shape index (κ1) is 16.3. The summed E-state index contributed by atoms with van der Waals surface area (Å²) in [7, 11) is 3.93. The Bertz CT molecular complexity index is 336. The highest BCUT2D eigenvalue weighted by molar-refractivity contribution is 7.80. The SMILES string of the molecule is CCCC(C(=O)N1CC(O)CC1CN(C)C)C(N)=S. The lowest BCUT2D eigenvalue weighted by atomic mass is 10.0. The van der Waals surface area contributed by atoms with Crippen molar-refractivity contribution in [1.29, 1.82) is 0 Å². The van der Waals surface area contributed by atoms with Gasteiger partial charge >= 0.3 is 0 Å². The van der Waals surface area contributed by atoms with Crippen molar-refractivity contribution in [3.63, 3.8) is 0 Å². The molecule has 0 saturated carbocycles. The summed E-state index contributed by atoms with van der Waals surface area (Å²) in [4.78, 5) is 16.6. The van der Waals surface area contributed by atoms with Gasteiger partial charge in [-0.2, -0.15) is 0 Å². The van der Waals surface area contributed by atoms with E-state index in [4.69, 9.17) is 18.0 Å². The van der Waals surface area contributed by atoms with Crippen LogP contribution in [0.1, 0.15) is 26.2 Å². The molecular formula is C13H25N3O2S. The number of nitrogens with zero attached hydrogens (tertiary/aromatic N) is 2. The second-order valence-electron chi connectivity index (χ2n) is 5.54. The number of carbonyl (C=O) groups excluding carboxylic acids is 1. The summed E-state index contributed by atoms with van der Waals surface area (Å²) in [5, 5.41) is 9.81. The van der Waals surface area contributed by atoms with Crippen LogP contribution in [0.5, 0.6) is 0 Å². The maximum absolute atomic E-state index is 12.5. The van der Waals surface area contributed by atoms with Gasteiger partial charge in [-0.25, -0.2) is 0 Å². The van der Waals surface area contributed by atoms with Crippen molar-refractivity contribution in [3.05, 3.63) is 0 Å². The Hall–Kier alpha value is -0.720. The van der Waals surface area contributed by atoms with Crippen molar-refractivity contribution >= 4 is 23.1 Å². The number of nitrogens with two attached hydrogens (primary N) is 1. The smallest absolute Gasteiger partial charge is 0.232 e. The van der Waals surface area contributed by atoms with Crippen LogP contribution in [0, 0.1) is 5.92 Å². The number of aliphatic hydroxyl groups is 1. The fourth-order valence-corrected chi connectivity index (χ4v) is 2.85. The van der Waals surface area contributed by atoms with Gasteiger partial charge in [-0.1, -0.05) is 25.6 Å². The summed E-state index contributed by atoms with van der Waals surface area (Å²) >= 11 is 5.01. The molecule has 0 aliphatic carbocycles. The normalized spacial score (nSPS) is 24.8. The van der Waals surface area contributed by atoms with Gasteiger partial charge in [0.15, 0.2) is 0 Å². The lowest BCUT2D eigenvalue weighted by molar-refractivity contribution is -0.134. The van der Waals surface area contributed by atoms with Gasteiger partial charge in [0, 0.05) is 19.1 Å². The van der Waals surface area contributed by atoms with Gasteiger partial charge in [0.25, 0.3) is 0 Å². The Morgan fingerprint density at radius 2 is 2.21 bits per heavy atom. The van der Waals surface area contributed by atoms with Crippen molar-refractivity contribution in [2.24, 2.45) is 11.7 Å². The highest BCUT2D eigenvalue weighted by Gasteiger charge is 2.37. The quantitative estimate of drug-likeness (QED) is 0.684. The van der Waals surface area contributed by atoms with E-state index >= 15 is 0 Å². The Morgan fingerprint density at radius 1 is 1.58 bits per heavy atom. The van der Waals surface area contributed by atoms with Crippen molar-refractivity contribution in [3.8, 4) is 0 Å². The zero-order valence-corrected chi connectivity index (χ0v) is 12.8. The van der Waals surface area contributed by atoms with Gasteiger partial charge in [-0.15, -0.1) is 0 Å². The molecule has 1 fully saturated rings. The third kappa shape index (κ3) is 4.40. The van der Waals surface area contributed by atoms with Crippen LogP contribution >= 0.6 is 12.2 Å². The molecule has 3 unspecified atom stereocenters. The average Bonchev–Trinajstić information content (AvgIpc) is 2.64. The number of hydrogen-bond donors (Lipinski definition) is 2. The molecule has 0 aromatic rings. The van der Waals surface area contributed by atoms with Gasteiger partial charge in [-0.3, -0.25) is 4.79 Å². The number of β-amino-alcohol motifs (C(OH)–C–C–N with tert-alkyl or cyclic N) is 1. The summed E-state index contributed by atoms with van der Waals surface area (Å²) in [6, 6.07) is 0.0474. The van der Waals surface area contributed by atoms with Crippen LogP contribution in [0.3, 0.4) is 0 Å². The van der Waals surface area contributed by atoms with Crippen molar-refractivity contribution in [1.82, 2.24) is 9.80 Å². The number of likely N-dealkylation sites (N-methyl/N-ethyl adjacent to an activating group) is 1. The first-order chi connectivity index (χ1) is 8.86. The van der Waals surface area contributed by atoms with E-state index in [1.165, 1.54) is 0 Å². The van der Waals surface area contributed by atoms with Crippen LogP contribution in [-0.4, -0.2) is 65.1 Å². The van der Waals surface area contributed by atoms with E-state index in [0.717, 1.165) is 13.0 Å². The van der Waals surface area contributed by atoms with Gasteiger partial charge in [0.05, 0.1) is 17.0 Å². The zero-order chi connectivity index (χ0) is 14.6. The highest BCUT2D eigenvalue weighted by Crippen LogP contribution is 2.22. The molecule has 0 bridgehead atoms. The molecule has 3 N–H and O–H groups in total. The van der Waals surface area contributed by atoms with Gasteiger partial charge in [0.1, 0.15) is 0 Å². The average molecular weight is 287 g/mol. The van der Waals surface area contributed by atoms with E-state index in [-0.39, 0.29) is 16.9 Å². The molecule has 1 saturated heterocycles. The Labute approximate surface area is 120 Å². The predicted molar refractivity (Wildman–Crippen MR) is 79.9 cm³/mol. The molecular weight excluding hydrogens is 262 g/mol. The Balaban J connectivity index is 2.79. The van der Waals surface area contributed by atoms with Gasteiger partial charge < -0.3 is 20.6 Å². The molecule has 0 spiro atoms. The lowest BCUT2D eigenvalue weighted by Gasteiger charge is -2.29. The maximum atomic E-state index is 12.5. The van der Waals surface area contributed by atoms with Crippen LogP contribution in [0.2, 0.25) is 0 Å². The number of thiocarbonyl (C=S) groups is 1. The van der Waals surface area contributed by atoms with Crippen LogP contribution in [0.25, 0.3) is 0 Å². The minimum atomic E-state index is -0.442. The molecule has 1 aliphatic rings. The number of rotatable bonds is 6. The highest BCUT2D eigenvalue weighted by atomic mass is 32.1. The van der Waals surface area contributed by atoms with E-state index in [1.54, 1.807) is 4.90 Å². The van der Waals surface area contributed by atoms with E-state index in [1.807, 2.05) is 25.9 Å². The molecule has 1 heterocycles. The van der Waals surface area contributed by atoms with Crippen LogP contribution in [0.4, 0.5) is 0 Å². The number of amides is 1. The van der Waals surface area contributed by atoms with Crippen molar-refractivity contribution in [2.75, 3.05) is 27.2 Å². The minimum absolute atomic E-state index is 0.0299. The lowest BCUT2D eigenvalue weighted by Crippen LogP contribution is -2.46. The number of aliphatic hydroxyl groups excluding tert-OH is 1. The van der Waals surface area contributed by atoms with Crippen LogP contribution in [-0.2, 0) is 4.79 Å². The monoisotopic (exact) mass is 287 g/mol. The first-order valence-corrected chi connectivity index (χ1v) is 7.20. The fourth-order valence-electron chi connectivity index (χ4n) is 2.63. The number of carbonyl (C=O) groups is 1. The zero-order valence-electron chi connectivity index (χ0n) is 12.0. The maximum Gasteiger partial charge on any atom is 0.232 e. The van der Waals surface area contributed by atoms with E-state index in [0.29, 0.717) is 19.4 Å². The molecule has 3 atom stereocenters. The van der Waals surface area contributed by atoms with Gasteiger partial charge in [0.2, 0.25) is 5.91 Å². The predicted octanol–water partition coefficient (Wildman–Crippen LogP) is 0.212. The van der Waals surface area contributed by atoms with Crippen LogP contribution < -0.4 is 5.73 Å². The molecule has 110 valence electrons. The molecule has 1 amide bonds. The molecule has 1 rings (SSSR count). The number of likely N-dealkylation sites (tertiary alicyclic amines) is 1. The molecule has 1 aliphatic heterocycles. The van der Waals surface area contributed by atoms with Crippen molar-refractivity contribution < 1.29 is 9.90 Å².